The number of pyridine rings is 1. The Labute approximate surface area is 114 Å². The zero-order valence-electron chi connectivity index (χ0n) is 11.5. The lowest BCUT2D eigenvalue weighted by molar-refractivity contribution is -0.135. The number of carbonyl (C=O) groups is 1. The van der Waals surface area contributed by atoms with Gasteiger partial charge in [-0.3, -0.25) is 4.79 Å². The van der Waals surface area contributed by atoms with E-state index in [0.717, 1.165) is 19.3 Å². The van der Waals surface area contributed by atoms with Crippen molar-refractivity contribution >= 4 is 5.97 Å². The van der Waals surface area contributed by atoms with Crippen LogP contribution in [0.3, 0.4) is 0 Å². The molecule has 3 nitrogen and oxygen atoms in total. The lowest BCUT2D eigenvalue weighted by Crippen LogP contribution is -2.09. The van der Waals surface area contributed by atoms with Gasteiger partial charge in [0.25, 0.3) is 5.88 Å². The summed E-state index contributed by atoms with van der Waals surface area (Å²) in [6.07, 6.45) is 9.68. The van der Waals surface area contributed by atoms with Crippen LogP contribution in [-0.2, 0) is 4.79 Å². The molecule has 1 rings (SSSR count). The fraction of sp³-hybridized carbons (Fsp3) is 0.600. The summed E-state index contributed by atoms with van der Waals surface area (Å²) in [5.41, 5.74) is 0. The van der Waals surface area contributed by atoms with Crippen molar-refractivity contribution in [2.24, 2.45) is 0 Å². The number of ether oxygens (including phenoxy) is 1. The molecule has 19 heavy (non-hydrogen) atoms. The first kappa shape index (κ1) is 15.6. The molecule has 0 aliphatic rings. The van der Waals surface area contributed by atoms with Gasteiger partial charge in [0.1, 0.15) is 0 Å². The van der Waals surface area contributed by atoms with Crippen molar-refractivity contribution in [2.75, 3.05) is 0 Å². The first-order valence-electron chi connectivity index (χ1n) is 7.05. The van der Waals surface area contributed by atoms with E-state index in [4.69, 9.17) is 4.74 Å². The number of esters is 1. The first-order chi connectivity index (χ1) is 9.24. The van der Waals surface area contributed by atoms with Gasteiger partial charge in [0.15, 0.2) is 5.82 Å². The Morgan fingerprint density at radius 1 is 1.21 bits per heavy atom. The number of halogens is 1. The molecule has 0 bridgehead atoms. The summed E-state index contributed by atoms with van der Waals surface area (Å²) in [5, 5.41) is 0. The van der Waals surface area contributed by atoms with Gasteiger partial charge in [-0.1, -0.05) is 45.4 Å². The van der Waals surface area contributed by atoms with E-state index in [9.17, 15) is 9.18 Å². The van der Waals surface area contributed by atoms with Gasteiger partial charge < -0.3 is 4.74 Å². The highest BCUT2D eigenvalue weighted by Crippen LogP contribution is 2.13. The van der Waals surface area contributed by atoms with Crippen LogP contribution < -0.4 is 4.74 Å². The quantitative estimate of drug-likeness (QED) is 0.495. The molecule has 0 fully saturated rings. The molecule has 0 aliphatic heterocycles. The van der Waals surface area contributed by atoms with Crippen molar-refractivity contribution < 1.29 is 13.9 Å². The summed E-state index contributed by atoms with van der Waals surface area (Å²) in [4.78, 5) is 15.1. The van der Waals surface area contributed by atoms with Crippen LogP contribution in [-0.4, -0.2) is 11.0 Å². The molecule has 106 valence electrons. The van der Waals surface area contributed by atoms with Crippen LogP contribution in [0.15, 0.2) is 18.3 Å². The number of unbranched alkanes of at least 4 members (excludes halogenated alkanes) is 6. The molecule has 0 atom stereocenters. The molecule has 0 spiro atoms. The van der Waals surface area contributed by atoms with E-state index in [2.05, 4.69) is 11.9 Å². The van der Waals surface area contributed by atoms with Gasteiger partial charge >= 0.3 is 5.97 Å². The fourth-order valence-electron chi connectivity index (χ4n) is 1.83. The Bertz CT molecular complexity index is 382. The molecule has 4 heteroatoms. The SMILES string of the molecule is CCCCCCCCCC(=O)Oc1ncccc1F. The summed E-state index contributed by atoms with van der Waals surface area (Å²) >= 11 is 0. The number of nitrogens with zero attached hydrogens (tertiary/aromatic N) is 1. The van der Waals surface area contributed by atoms with Crippen LogP contribution in [0.4, 0.5) is 4.39 Å². The number of hydrogen-bond donors (Lipinski definition) is 0. The Kier molecular flexibility index (Phi) is 7.78. The van der Waals surface area contributed by atoms with Gasteiger partial charge in [-0.25, -0.2) is 9.37 Å². The monoisotopic (exact) mass is 267 g/mol. The molecular weight excluding hydrogens is 245 g/mol. The highest BCUT2D eigenvalue weighted by atomic mass is 19.1. The molecule has 0 unspecified atom stereocenters. The van der Waals surface area contributed by atoms with E-state index >= 15 is 0 Å². The van der Waals surface area contributed by atoms with Crippen molar-refractivity contribution in [1.29, 1.82) is 0 Å². The molecule has 0 saturated heterocycles. The van der Waals surface area contributed by atoms with E-state index in [1.54, 1.807) is 0 Å². The van der Waals surface area contributed by atoms with Crippen molar-refractivity contribution in [3.8, 4) is 5.88 Å². The fourth-order valence-corrected chi connectivity index (χ4v) is 1.83. The van der Waals surface area contributed by atoms with E-state index in [-0.39, 0.29) is 5.88 Å². The molecule has 0 aliphatic carbocycles. The van der Waals surface area contributed by atoms with Crippen molar-refractivity contribution in [3.63, 3.8) is 0 Å². The first-order valence-corrected chi connectivity index (χ1v) is 7.05. The largest absolute Gasteiger partial charge is 0.404 e. The third kappa shape index (κ3) is 6.89. The van der Waals surface area contributed by atoms with Gasteiger partial charge in [0.2, 0.25) is 0 Å². The maximum Gasteiger partial charge on any atom is 0.312 e. The van der Waals surface area contributed by atoms with E-state index in [1.807, 2.05) is 0 Å². The standard InChI is InChI=1S/C15H22FNO2/c1-2-3-4-5-6-7-8-11-14(18)19-15-13(16)10-9-12-17-15/h9-10,12H,2-8,11H2,1H3. The van der Waals surface area contributed by atoms with E-state index in [0.29, 0.717) is 6.42 Å². The van der Waals surface area contributed by atoms with Crippen LogP contribution in [0.1, 0.15) is 58.3 Å². The second kappa shape index (κ2) is 9.48. The van der Waals surface area contributed by atoms with Gasteiger partial charge in [0, 0.05) is 12.6 Å². The zero-order chi connectivity index (χ0) is 13.9. The highest BCUT2D eigenvalue weighted by molar-refractivity contribution is 5.71. The average Bonchev–Trinajstić information content (AvgIpc) is 2.40. The summed E-state index contributed by atoms with van der Waals surface area (Å²) in [7, 11) is 0. The third-order valence-electron chi connectivity index (χ3n) is 2.92. The number of aromatic nitrogens is 1. The predicted molar refractivity (Wildman–Crippen MR) is 72.4 cm³/mol. The normalized spacial score (nSPS) is 10.4. The molecule has 0 radical (unpaired) electrons. The smallest absolute Gasteiger partial charge is 0.312 e. The van der Waals surface area contributed by atoms with Gasteiger partial charge in [-0.15, -0.1) is 0 Å². The summed E-state index contributed by atoms with van der Waals surface area (Å²) in [5.74, 6) is -1.24. The zero-order valence-corrected chi connectivity index (χ0v) is 11.5. The lowest BCUT2D eigenvalue weighted by atomic mass is 10.1. The highest BCUT2D eigenvalue weighted by Gasteiger charge is 2.09. The molecule has 1 aromatic heterocycles. The Morgan fingerprint density at radius 2 is 1.89 bits per heavy atom. The third-order valence-corrected chi connectivity index (χ3v) is 2.92. The second-order valence-corrected chi connectivity index (χ2v) is 4.64. The molecule has 0 saturated carbocycles. The van der Waals surface area contributed by atoms with Crippen LogP contribution >= 0.6 is 0 Å². The Balaban J connectivity index is 2.10. The average molecular weight is 267 g/mol. The lowest BCUT2D eigenvalue weighted by Gasteiger charge is -2.04. The molecule has 1 heterocycles. The van der Waals surface area contributed by atoms with Gasteiger partial charge in [-0.2, -0.15) is 0 Å². The van der Waals surface area contributed by atoms with Crippen molar-refractivity contribution in [3.05, 3.63) is 24.1 Å². The number of rotatable bonds is 9. The second-order valence-electron chi connectivity index (χ2n) is 4.64. The maximum atomic E-state index is 13.2. The number of hydrogen-bond acceptors (Lipinski definition) is 3. The Hall–Kier alpha value is -1.45. The molecule has 1 aromatic rings. The minimum atomic E-state index is -0.601. The summed E-state index contributed by atoms with van der Waals surface area (Å²) < 4.78 is 18.0. The molecule has 0 aromatic carbocycles. The van der Waals surface area contributed by atoms with Gasteiger partial charge in [0.05, 0.1) is 0 Å². The molecule has 0 amide bonds. The molecular formula is C15H22FNO2. The summed E-state index contributed by atoms with van der Waals surface area (Å²) in [6, 6.07) is 2.69. The summed E-state index contributed by atoms with van der Waals surface area (Å²) in [6.45, 7) is 2.19. The van der Waals surface area contributed by atoms with Gasteiger partial charge in [-0.05, 0) is 18.6 Å². The van der Waals surface area contributed by atoms with Crippen LogP contribution in [0.25, 0.3) is 0 Å². The van der Waals surface area contributed by atoms with Crippen LogP contribution in [0.2, 0.25) is 0 Å². The topological polar surface area (TPSA) is 39.2 Å². The van der Waals surface area contributed by atoms with Crippen molar-refractivity contribution in [2.45, 2.75) is 58.3 Å². The minimum Gasteiger partial charge on any atom is -0.404 e. The minimum absolute atomic E-state index is 0.226. The Morgan fingerprint density at radius 3 is 2.58 bits per heavy atom. The predicted octanol–water partition coefficient (Wildman–Crippen LogP) is 4.27. The van der Waals surface area contributed by atoms with Crippen LogP contribution in [0, 0.1) is 5.82 Å². The maximum absolute atomic E-state index is 13.2. The van der Waals surface area contributed by atoms with Crippen LogP contribution in [0.5, 0.6) is 5.88 Å². The number of carbonyl (C=O) groups excluding carboxylic acids is 1. The molecule has 0 N–H and O–H groups in total. The van der Waals surface area contributed by atoms with E-state index < -0.39 is 11.8 Å². The van der Waals surface area contributed by atoms with E-state index in [1.165, 1.54) is 44.0 Å². The van der Waals surface area contributed by atoms with Crippen molar-refractivity contribution in [1.82, 2.24) is 4.98 Å².